The molecule has 0 spiro atoms. The maximum atomic E-state index is 11.2. The Morgan fingerprint density at radius 1 is 1.36 bits per heavy atom. The molecule has 0 heterocycles. The summed E-state index contributed by atoms with van der Waals surface area (Å²) in [6.45, 7) is 3.64. The maximum Gasteiger partial charge on any atom is 0.315 e. The number of hydrogen-bond acceptors (Lipinski definition) is 3. The lowest BCUT2D eigenvalue weighted by Gasteiger charge is -2.26. The van der Waals surface area contributed by atoms with Crippen LogP contribution in [0.25, 0.3) is 0 Å². The number of unbranched alkanes of at least 4 members (excludes halogenated alkanes) is 1. The molecule has 0 rings (SSSR count). The van der Waals surface area contributed by atoms with E-state index in [1.807, 2.05) is 6.92 Å². The number of urea groups is 1. The van der Waals surface area contributed by atoms with Crippen molar-refractivity contribution in [1.82, 2.24) is 10.6 Å². The summed E-state index contributed by atoms with van der Waals surface area (Å²) in [7, 11) is 0. The van der Waals surface area contributed by atoms with Gasteiger partial charge < -0.3 is 20.8 Å². The molecule has 2 amide bonds. The van der Waals surface area contributed by atoms with Crippen molar-refractivity contribution >= 4 is 6.03 Å². The van der Waals surface area contributed by atoms with E-state index >= 15 is 0 Å². The average Bonchev–Trinajstić information content (AvgIpc) is 2.18. The van der Waals surface area contributed by atoms with Crippen LogP contribution in [-0.4, -0.2) is 41.5 Å². The fourth-order valence-electron chi connectivity index (χ4n) is 0.826. The summed E-state index contributed by atoms with van der Waals surface area (Å²) < 4.78 is 0. The number of rotatable bonds is 6. The molecule has 0 radical (unpaired) electrons. The van der Waals surface area contributed by atoms with Gasteiger partial charge >= 0.3 is 6.03 Å². The minimum absolute atomic E-state index is 0.287. The number of amides is 2. The van der Waals surface area contributed by atoms with Crippen LogP contribution >= 0.6 is 0 Å². The van der Waals surface area contributed by atoms with Crippen LogP contribution in [0.3, 0.4) is 0 Å². The fraction of sp³-hybridized carbons (Fsp3) is 0.889. The Balaban J connectivity index is 3.80. The van der Waals surface area contributed by atoms with Crippen LogP contribution in [0.15, 0.2) is 0 Å². The van der Waals surface area contributed by atoms with E-state index in [2.05, 4.69) is 10.6 Å². The zero-order valence-corrected chi connectivity index (χ0v) is 8.84. The highest BCUT2D eigenvalue weighted by molar-refractivity contribution is 5.74. The Morgan fingerprint density at radius 3 is 2.36 bits per heavy atom. The molecule has 4 N–H and O–H groups in total. The van der Waals surface area contributed by atoms with E-state index in [0.29, 0.717) is 6.54 Å². The predicted octanol–water partition coefficient (Wildman–Crippen LogP) is -0.171. The van der Waals surface area contributed by atoms with E-state index in [1.54, 1.807) is 6.92 Å². The van der Waals surface area contributed by atoms with Crippen molar-refractivity contribution in [3.8, 4) is 0 Å². The molecule has 84 valence electrons. The smallest absolute Gasteiger partial charge is 0.315 e. The molecule has 0 bridgehead atoms. The molecule has 0 aromatic heterocycles. The monoisotopic (exact) mass is 204 g/mol. The van der Waals surface area contributed by atoms with Crippen molar-refractivity contribution in [2.45, 2.75) is 32.2 Å². The van der Waals surface area contributed by atoms with Gasteiger partial charge in [0.05, 0.1) is 18.8 Å². The van der Waals surface area contributed by atoms with E-state index in [-0.39, 0.29) is 19.2 Å². The molecule has 0 aliphatic heterocycles. The molecular weight excluding hydrogens is 184 g/mol. The first-order valence-corrected chi connectivity index (χ1v) is 4.85. The zero-order chi connectivity index (χ0) is 11.0. The van der Waals surface area contributed by atoms with Gasteiger partial charge in [0.25, 0.3) is 0 Å². The second kappa shape index (κ2) is 6.62. The van der Waals surface area contributed by atoms with Gasteiger partial charge in [-0.15, -0.1) is 0 Å². The van der Waals surface area contributed by atoms with Gasteiger partial charge in [0.2, 0.25) is 0 Å². The van der Waals surface area contributed by atoms with Gasteiger partial charge in [-0.2, -0.15) is 0 Å². The molecule has 0 unspecified atom stereocenters. The Labute approximate surface area is 84.5 Å². The van der Waals surface area contributed by atoms with E-state index in [1.165, 1.54) is 0 Å². The van der Waals surface area contributed by atoms with Crippen molar-refractivity contribution in [2.75, 3.05) is 19.8 Å². The van der Waals surface area contributed by atoms with Gasteiger partial charge in [0.1, 0.15) is 0 Å². The van der Waals surface area contributed by atoms with Gasteiger partial charge in [-0.1, -0.05) is 13.3 Å². The van der Waals surface area contributed by atoms with Crippen LogP contribution in [0.4, 0.5) is 4.79 Å². The SMILES string of the molecule is CCCCNC(=O)NC(C)(CO)CO. The quantitative estimate of drug-likeness (QED) is 0.453. The summed E-state index contributed by atoms with van der Waals surface area (Å²) in [5.41, 5.74) is -0.948. The number of carbonyl (C=O) groups is 1. The summed E-state index contributed by atoms with van der Waals surface area (Å²) in [5, 5.41) is 22.9. The third-order valence-electron chi connectivity index (χ3n) is 1.93. The molecule has 5 heteroatoms. The standard InChI is InChI=1S/C9H20N2O3/c1-3-4-5-10-8(14)11-9(2,6-12)7-13/h12-13H,3-7H2,1-2H3,(H2,10,11,14). The lowest BCUT2D eigenvalue weighted by Crippen LogP contribution is -2.55. The molecule has 0 saturated carbocycles. The molecule has 0 saturated heterocycles. The molecule has 0 atom stereocenters. The summed E-state index contributed by atoms with van der Waals surface area (Å²) in [6.07, 6.45) is 1.93. The second-order valence-corrected chi connectivity index (χ2v) is 3.61. The van der Waals surface area contributed by atoms with Gasteiger partial charge in [0.15, 0.2) is 0 Å². The van der Waals surface area contributed by atoms with E-state index in [0.717, 1.165) is 12.8 Å². The third-order valence-corrected chi connectivity index (χ3v) is 1.93. The molecule has 0 aliphatic carbocycles. The van der Waals surface area contributed by atoms with Gasteiger partial charge in [0, 0.05) is 6.54 Å². The van der Waals surface area contributed by atoms with Crippen molar-refractivity contribution in [3.63, 3.8) is 0 Å². The van der Waals surface area contributed by atoms with E-state index < -0.39 is 5.54 Å². The maximum absolute atomic E-state index is 11.2. The van der Waals surface area contributed by atoms with Crippen LogP contribution in [0, 0.1) is 0 Å². The third kappa shape index (κ3) is 5.04. The molecule has 14 heavy (non-hydrogen) atoms. The number of aliphatic hydroxyl groups is 2. The molecule has 0 aromatic carbocycles. The highest BCUT2D eigenvalue weighted by Crippen LogP contribution is 1.99. The Hall–Kier alpha value is -0.810. The Bertz CT molecular complexity index is 169. The lowest BCUT2D eigenvalue weighted by molar-refractivity contribution is 0.109. The van der Waals surface area contributed by atoms with Crippen LogP contribution in [0.1, 0.15) is 26.7 Å². The lowest BCUT2D eigenvalue weighted by atomic mass is 10.1. The van der Waals surface area contributed by atoms with Crippen LogP contribution in [-0.2, 0) is 0 Å². The Morgan fingerprint density at radius 2 is 1.93 bits per heavy atom. The normalized spacial score (nSPS) is 11.1. The van der Waals surface area contributed by atoms with Crippen molar-refractivity contribution in [2.24, 2.45) is 0 Å². The molecule has 5 nitrogen and oxygen atoms in total. The van der Waals surface area contributed by atoms with Gasteiger partial charge in [-0.05, 0) is 13.3 Å². The highest BCUT2D eigenvalue weighted by Gasteiger charge is 2.23. The number of aliphatic hydroxyl groups excluding tert-OH is 2. The molecule has 0 aromatic rings. The second-order valence-electron chi connectivity index (χ2n) is 3.61. The summed E-state index contributed by atoms with van der Waals surface area (Å²) in [5.74, 6) is 0. The summed E-state index contributed by atoms with van der Waals surface area (Å²) >= 11 is 0. The van der Waals surface area contributed by atoms with Crippen molar-refractivity contribution in [1.29, 1.82) is 0 Å². The molecule has 0 fully saturated rings. The van der Waals surface area contributed by atoms with Crippen molar-refractivity contribution in [3.05, 3.63) is 0 Å². The zero-order valence-electron chi connectivity index (χ0n) is 8.84. The van der Waals surface area contributed by atoms with Crippen LogP contribution in [0.5, 0.6) is 0 Å². The van der Waals surface area contributed by atoms with Crippen molar-refractivity contribution < 1.29 is 15.0 Å². The highest BCUT2D eigenvalue weighted by atomic mass is 16.3. The predicted molar refractivity (Wildman–Crippen MR) is 54.0 cm³/mol. The fourth-order valence-corrected chi connectivity index (χ4v) is 0.826. The minimum atomic E-state index is -0.948. The average molecular weight is 204 g/mol. The Kier molecular flexibility index (Phi) is 6.23. The minimum Gasteiger partial charge on any atom is -0.394 e. The first-order valence-electron chi connectivity index (χ1n) is 4.85. The largest absolute Gasteiger partial charge is 0.394 e. The van der Waals surface area contributed by atoms with Gasteiger partial charge in [-0.25, -0.2) is 4.79 Å². The summed E-state index contributed by atoms with van der Waals surface area (Å²) in [6, 6.07) is -0.357. The van der Waals surface area contributed by atoms with E-state index in [9.17, 15) is 4.79 Å². The number of nitrogens with one attached hydrogen (secondary N) is 2. The van der Waals surface area contributed by atoms with E-state index in [4.69, 9.17) is 10.2 Å². The topological polar surface area (TPSA) is 81.6 Å². The summed E-state index contributed by atoms with van der Waals surface area (Å²) in [4.78, 5) is 11.2. The molecular formula is C9H20N2O3. The number of hydrogen-bond donors (Lipinski definition) is 4. The first-order chi connectivity index (χ1) is 6.58. The van der Waals surface area contributed by atoms with Crippen LogP contribution in [0.2, 0.25) is 0 Å². The van der Waals surface area contributed by atoms with Crippen LogP contribution < -0.4 is 10.6 Å². The molecule has 0 aliphatic rings. The first kappa shape index (κ1) is 13.2. The van der Waals surface area contributed by atoms with Gasteiger partial charge in [-0.3, -0.25) is 0 Å². The number of carbonyl (C=O) groups excluding carboxylic acids is 1.